The minimum absolute atomic E-state index is 0. The van der Waals surface area contributed by atoms with Gasteiger partial charge in [0.1, 0.15) is 0 Å². The van der Waals surface area contributed by atoms with Crippen molar-refractivity contribution < 1.29 is 22.3 Å². The molecule has 4 heteroatoms. The maximum atomic E-state index is 8.36. The van der Waals surface area contributed by atoms with E-state index in [0.29, 0.717) is 0 Å². The molecule has 0 saturated carbocycles. The molecule has 5 heavy (non-hydrogen) atoms. The van der Waals surface area contributed by atoms with E-state index in [9.17, 15) is 0 Å². The first-order valence-corrected chi connectivity index (χ1v) is 0.494. The van der Waals surface area contributed by atoms with Crippen LogP contribution in [0.2, 0.25) is 0 Å². The van der Waals surface area contributed by atoms with Gasteiger partial charge in [-0.2, -0.15) is 0 Å². The van der Waals surface area contributed by atoms with Crippen LogP contribution in [0.25, 0.3) is 0 Å². The summed E-state index contributed by atoms with van der Waals surface area (Å²) >= 11 is 0. The van der Waals surface area contributed by atoms with E-state index in [0.717, 1.165) is 0 Å². The fraction of sp³-hybridized carbons (Fsp3) is 0. The van der Waals surface area contributed by atoms with E-state index in [-0.39, 0.29) is 36.2 Å². The average molecular weight is 108 g/mol. The second-order valence-electron chi connectivity index (χ2n) is 0.105. The molecular formula is CH2AlClO2+2. The molecule has 0 aromatic carbocycles. The third kappa shape index (κ3) is 264. The number of hydrogen-bond acceptors (Lipinski definition) is 1. The largest absolute Gasteiger partial charge is 3.00 e. The van der Waals surface area contributed by atoms with Crippen molar-refractivity contribution in [3.63, 3.8) is 0 Å². The van der Waals surface area contributed by atoms with Crippen LogP contribution in [0.5, 0.6) is 0 Å². The van der Waals surface area contributed by atoms with Crippen molar-refractivity contribution >= 4 is 23.8 Å². The Morgan fingerprint density at radius 2 is 1.60 bits per heavy atom. The Balaban J connectivity index is -0.0000000200. The van der Waals surface area contributed by atoms with E-state index < -0.39 is 0 Å². The van der Waals surface area contributed by atoms with Gasteiger partial charge in [-0.3, -0.25) is 4.79 Å². The van der Waals surface area contributed by atoms with E-state index in [2.05, 4.69) is 0 Å². The van der Waals surface area contributed by atoms with Crippen molar-refractivity contribution in [1.29, 1.82) is 0 Å². The van der Waals surface area contributed by atoms with Crippen molar-refractivity contribution in [1.82, 2.24) is 0 Å². The predicted octanol–water partition coefficient (Wildman–Crippen LogP) is -3.68. The first-order chi connectivity index (χ1) is 1.41. The number of halogens is 1. The van der Waals surface area contributed by atoms with E-state index in [1.54, 1.807) is 0 Å². The molecule has 0 fully saturated rings. The van der Waals surface area contributed by atoms with E-state index >= 15 is 0 Å². The molecule has 1 N–H and O–H groups in total. The van der Waals surface area contributed by atoms with Crippen LogP contribution in [0, 0.1) is 0 Å². The second-order valence-corrected chi connectivity index (χ2v) is 0.105. The summed E-state index contributed by atoms with van der Waals surface area (Å²) in [7, 11) is 0. The van der Waals surface area contributed by atoms with Crippen LogP contribution < -0.4 is 12.4 Å². The quantitative estimate of drug-likeness (QED) is 0.256. The second kappa shape index (κ2) is 27.9. The molecule has 26 valence electrons. The summed E-state index contributed by atoms with van der Waals surface area (Å²) in [5.74, 6) is 0. The molecular weight excluding hydrogens is 106 g/mol. The van der Waals surface area contributed by atoms with Crippen molar-refractivity contribution in [2.45, 2.75) is 0 Å². The fourth-order valence-electron chi connectivity index (χ4n) is 0. The minimum atomic E-state index is -0.250. The Morgan fingerprint density at radius 1 is 1.60 bits per heavy atom. The predicted molar refractivity (Wildman–Crippen MR) is 14.4 cm³/mol. The number of carboxylic acid groups (broad SMARTS) is 1. The molecule has 0 aromatic rings. The minimum Gasteiger partial charge on any atom is -1.00 e. The first kappa shape index (κ1) is 18.6. The summed E-state index contributed by atoms with van der Waals surface area (Å²) in [5, 5.41) is 6.89. The van der Waals surface area contributed by atoms with Crippen LogP contribution in [-0.4, -0.2) is 28.9 Å². The van der Waals surface area contributed by atoms with Gasteiger partial charge in [-0.1, -0.05) is 0 Å². The molecule has 0 spiro atoms. The maximum Gasteiger partial charge on any atom is 3.00 e. The normalized spacial score (nSPS) is 2.40. The van der Waals surface area contributed by atoms with E-state index in [1.807, 2.05) is 0 Å². The summed E-state index contributed by atoms with van der Waals surface area (Å²) in [6.07, 6.45) is 0. The summed E-state index contributed by atoms with van der Waals surface area (Å²) < 4.78 is 0. The van der Waals surface area contributed by atoms with Gasteiger partial charge in [-0.05, 0) is 0 Å². The molecule has 0 aromatic heterocycles. The summed E-state index contributed by atoms with van der Waals surface area (Å²) in [5.41, 5.74) is 0. The zero-order chi connectivity index (χ0) is 2.71. The average Bonchev–Trinajstić information content (AvgIpc) is 0.918. The Morgan fingerprint density at radius 3 is 1.60 bits per heavy atom. The third-order valence-electron chi connectivity index (χ3n) is 0. The zero-order valence-corrected chi connectivity index (χ0v) is 4.30. The monoisotopic (exact) mass is 108 g/mol. The molecule has 0 amide bonds. The molecule has 0 aliphatic heterocycles. The Labute approximate surface area is 46.7 Å². The fourth-order valence-corrected chi connectivity index (χ4v) is 0. The van der Waals surface area contributed by atoms with Gasteiger partial charge in [-0.15, -0.1) is 0 Å². The van der Waals surface area contributed by atoms with Crippen LogP contribution in [0.1, 0.15) is 0 Å². The number of rotatable bonds is 0. The summed E-state index contributed by atoms with van der Waals surface area (Å²) in [6, 6.07) is 0. The molecule has 0 bridgehead atoms. The van der Waals surface area contributed by atoms with Crippen molar-refractivity contribution in [3.8, 4) is 0 Å². The van der Waals surface area contributed by atoms with Crippen molar-refractivity contribution in [3.05, 3.63) is 0 Å². The Bertz CT molecular complexity index is 17.1. The molecule has 0 aliphatic rings. The van der Waals surface area contributed by atoms with Gasteiger partial charge in [0, 0.05) is 0 Å². The molecule has 2 nitrogen and oxygen atoms in total. The topological polar surface area (TPSA) is 37.3 Å². The first-order valence-electron chi connectivity index (χ1n) is 0.494. The van der Waals surface area contributed by atoms with Crippen LogP contribution >= 0.6 is 0 Å². The van der Waals surface area contributed by atoms with E-state index in [4.69, 9.17) is 9.90 Å². The van der Waals surface area contributed by atoms with Crippen LogP contribution in [0.15, 0.2) is 0 Å². The van der Waals surface area contributed by atoms with Gasteiger partial charge in [0.15, 0.2) is 0 Å². The van der Waals surface area contributed by atoms with Gasteiger partial charge >= 0.3 is 17.4 Å². The maximum absolute atomic E-state index is 8.36. The van der Waals surface area contributed by atoms with Crippen molar-refractivity contribution in [2.24, 2.45) is 0 Å². The van der Waals surface area contributed by atoms with Gasteiger partial charge in [0.2, 0.25) is 0 Å². The van der Waals surface area contributed by atoms with Gasteiger partial charge in [0.25, 0.3) is 6.47 Å². The van der Waals surface area contributed by atoms with Gasteiger partial charge in [0.05, 0.1) is 0 Å². The van der Waals surface area contributed by atoms with Gasteiger partial charge in [-0.25, -0.2) is 0 Å². The molecule has 0 saturated heterocycles. The SMILES string of the molecule is O=CO.[Al+3].[Cl-]. The molecule has 0 radical (unpaired) electrons. The molecule has 0 aliphatic carbocycles. The molecule has 0 atom stereocenters. The summed E-state index contributed by atoms with van der Waals surface area (Å²) in [6.45, 7) is -0.250. The third-order valence-corrected chi connectivity index (χ3v) is 0. The standard InChI is InChI=1S/CH2O2.Al.ClH/c2-1-3;;/h1H,(H,2,3);;1H/q;+3;/p-1. The smallest absolute Gasteiger partial charge is 1.00 e. The molecule has 0 rings (SSSR count). The number of hydrogen-bond donors (Lipinski definition) is 1. The van der Waals surface area contributed by atoms with Crippen LogP contribution in [0.3, 0.4) is 0 Å². The van der Waals surface area contributed by atoms with Gasteiger partial charge < -0.3 is 17.5 Å². The van der Waals surface area contributed by atoms with E-state index in [1.165, 1.54) is 0 Å². The Kier molecular flexibility index (Phi) is 103. The number of carbonyl (C=O) groups is 1. The van der Waals surface area contributed by atoms with Crippen molar-refractivity contribution in [2.75, 3.05) is 0 Å². The summed E-state index contributed by atoms with van der Waals surface area (Å²) in [4.78, 5) is 8.36. The van der Waals surface area contributed by atoms with Crippen LogP contribution in [0.4, 0.5) is 0 Å². The molecule has 0 unspecified atom stereocenters. The molecule has 0 heterocycles. The van der Waals surface area contributed by atoms with Crippen LogP contribution in [-0.2, 0) is 4.79 Å². The zero-order valence-electron chi connectivity index (χ0n) is 2.39. The Hall–Kier alpha value is 0.292.